The molecule has 0 saturated carbocycles. The number of likely N-dealkylation sites (tertiary alicyclic amines) is 1. The minimum atomic E-state index is -0.341. The molecule has 1 fully saturated rings. The van der Waals surface area contributed by atoms with Crippen LogP contribution in [0, 0.1) is 19.8 Å². The fraction of sp³-hybridized carbons (Fsp3) is 0.412. The molecular formula is C17H21N5O2. The van der Waals surface area contributed by atoms with Crippen LogP contribution in [0.2, 0.25) is 0 Å². The fourth-order valence-electron chi connectivity index (χ4n) is 2.93. The highest BCUT2D eigenvalue weighted by atomic mass is 16.2. The van der Waals surface area contributed by atoms with Crippen molar-refractivity contribution in [3.05, 3.63) is 41.2 Å². The Kier molecular flexibility index (Phi) is 4.33. The molecular weight excluding hydrogens is 306 g/mol. The first-order chi connectivity index (χ1) is 11.5. The molecule has 1 aromatic carbocycles. The molecule has 1 aromatic heterocycles. The van der Waals surface area contributed by atoms with Crippen molar-refractivity contribution in [2.24, 2.45) is 11.7 Å². The number of benzene rings is 1. The monoisotopic (exact) mass is 327 g/mol. The SMILES string of the molecule is Cc1ccc(-n2nnc(CC(=O)N3CCC(C(N)=O)C3)c2C)cc1. The maximum Gasteiger partial charge on any atom is 0.228 e. The van der Waals surface area contributed by atoms with Crippen molar-refractivity contribution in [1.82, 2.24) is 19.9 Å². The largest absolute Gasteiger partial charge is 0.369 e. The molecule has 0 bridgehead atoms. The number of nitrogens with zero attached hydrogens (tertiary/aromatic N) is 4. The fourth-order valence-corrected chi connectivity index (χ4v) is 2.93. The van der Waals surface area contributed by atoms with Gasteiger partial charge in [-0.3, -0.25) is 9.59 Å². The first kappa shape index (κ1) is 16.2. The van der Waals surface area contributed by atoms with Gasteiger partial charge in [-0.05, 0) is 32.4 Å². The van der Waals surface area contributed by atoms with E-state index in [2.05, 4.69) is 10.3 Å². The van der Waals surface area contributed by atoms with Crippen LogP contribution in [0.5, 0.6) is 0 Å². The number of nitrogens with two attached hydrogens (primary N) is 1. The van der Waals surface area contributed by atoms with E-state index in [0.29, 0.717) is 25.2 Å². The van der Waals surface area contributed by atoms with Crippen molar-refractivity contribution in [3.8, 4) is 5.69 Å². The smallest absolute Gasteiger partial charge is 0.228 e. The molecule has 1 aliphatic heterocycles. The average molecular weight is 327 g/mol. The topological polar surface area (TPSA) is 94.1 Å². The summed E-state index contributed by atoms with van der Waals surface area (Å²) in [4.78, 5) is 25.3. The van der Waals surface area contributed by atoms with Gasteiger partial charge in [-0.15, -0.1) is 5.10 Å². The van der Waals surface area contributed by atoms with Crippen LogP contribution in [0.25, 0.3) is 5.69 Å². The number of amides is 2. The summed E-state index contributed by atoms with van der Waals surface area (Å²) >= 11 is 0. The van der Waals surface area contributed by atoms with Crippen LogP contribution < -0.4 is 5.73 Å². The van der Waals surface area contributed by atoms with Crippen LogP contribution in [0.15, 0.2) is 24.3 Å². The van der Waals surface area contributed by atoms with Gasteiger partial charge in [0.2, 0.25) is 11.8 Å². The van der Waals surface area contributed by atoms with Crippen LogP contribution >= 0.6 is 0 Å². The normalized spacial score (nSPS) is 17.2. The molecule has 0 radical (unpaired) electrons. The van der Waals surface area contributed by atoms with Crippen molar-refractivity contribution >= 4 is 11.8 Å². The van der Waals surface area contributed by atoms with Crippen molar-refractivity contribution in [1.29, 1.82) is 0 Å². The molecule has 1 saturated heterocycles. The van der Waals surface area contributed by atoms with Crippen molar-refractivity contribution in [3.63, 3.8) is 0 Å². The first-order valence-electron chi connectivity index (χ1n) is 8.01. The number of primary amides is 1. The van der Waals surface area contributed by atoms with E-state index in [-0.39, 0.29) is 24.2 Å². The van der Waals surface area contributed by atoms with Crippen LogP contribution in [0.3, 0.4) is 0 Å². The highest BCUT2D eigenvalue weighted by Crippen LogP contribution is 2.18. The molecule has 7 heteroatoms. The van der Waals surface area contributed by atoms with Crippen LogP contribution in [0.4, 0.5) is 0 Å². The zero-order valence-electron chi connectivity index (χ0n) is 13.9. The predicted molar refractivity (Wildman–Crippen MR) is 88.4 cm³/mol. The number of aromatic nitrogens is 3. The van der Waals surface area contributed by atoms with Gasteiger partial charge >= 0.3 is 0 Å². The van der Waals surface area contributed by atoms with E-state index in [1.807, 2.05) is 38.1 Å². The summed E-state index contributed by atoms with van der Waals surface area (Å²) in [6, 6.07) is 7.96. The predicted octanol–water partition coefficient (Wildman–Crippen LogP) is 0.760. The second kappa shape index (κ2) is 6.43. The summed E-state index contributed by atoms with van der Waals surface area (Å²) in [5.41, 5.74) is 8.90. The number of carbonyl (C=O) groups is 2. The highest BCUT2D eigenvalue weighted by Gasteiger charge is 2.30. The van der Waals surface area contributed by atoms with Crippen molar-refractivity contribution < 1.29 is 9.59 Å². The third-order valence-electron chi connectivity index (χ3n) is 4.53. The molecule has 0 spiro atoms. The molecule has 3 rings (SSSR count). The molecule has 2 N–H and O–H groups in total. The minimum absolute atomic E-state index is 0.0437. The molecule has 2 amide bonds. The molecule has 126 valence electrons. The number of carbonyl (C=O) groups excluding carboxylic acids is 2. The van der Waals surface area contributed by atoms with Gasteiger partial charge in [0.1, 0.15) is 0 Å². The maximum atomic E-state index is 12.4. The lowest BCUT2D eigenvalue weighted by atomic mass is 10.1. The quantitative estimate of drug-likeness (QED) is 0.897. The third-order valence-corrected chi connectivity index (χ3v) is 4.53. The Bertz CT molecular complexity index is 766. The van der Waals surface area contributed by atoms with Gasteiger partial charge in [0.15, 0.2) is 0 Å². The standard InChI is InChI=1S/C17H21N5O2/c1-11-3-5-14(6-4-11)22-12(2)15(19-20-22)9-16(23)21-8-7-13(10-21)17(18)24/h3-6,13H,7-10H2,1-2H3,(H2,18,24). The molecule has 1 aliphatic rings. The van der Waals surface area contributed by atoms with E-state index in [9.17, 15) is 9.59 Å². The molecule has 1 atom stereocenters. The highest BCUT2D eigenvalue weighted by molar-refractivity contribution is 5.82. The van der Waals surface area contributed by atoms with Crippen LogP contribution in [-0.2, 0) is 16.0 Å². The van der Waals surface area contributed by atoms with Gasteiger partial charge in [-0.1, -0.05) is 22.9 Å². The van der Waals surface area contributed by atoms with Crippen LogP contribution in [0.1, 0.15) is 23.4 Å². The lowest BCUT2D eigenvalue weighted by Gasteiger charge is -2.15. The molecule has 1 unspecified atom stereocenters. The molecule has 24 heavy (non-hydrogen) atoms. The summed E-state index contributed by atoms with van der Waals surface area (Å²) < 4.78 is 1.73. The van der Waals surface area contributed by atoms with Gasteiger partial charge in [-0.2, -0.15) is 0 Å². The lowest BCUT2D eigenvalue weighted by Crippen LogP contribution is -2.32. The maximum absolute atomic E-state index is 12.4. The summed E-state index contributed by atoms with van der Waals surface area (Å²) in [5.74, 6) is -0.622. The molecule has 0 aliphatic carbocycles. The summed E-state index contributed by atoms with van der Waals surface area (Å²) in [5, 5.41) is 8.31. The van der Waals surface area contributed by atoms with Gasteiger partial charge in [0.05, 0.1) is 29.4 Å². The van der Waals surface area contributed by atoms with E-state index in [4.69, 9.17) is 5.73 Å². The molecule has 2 heterocycles. The number of hydrogen-bond donors (Lipinski definition) is 1. The number of rotatable bonds is 4. The van der Waals surface area contributed by atoms with Gasteiger partial charge in [0, 0.05) is 13.1 Å². The number of hydrogen-bond acceptors (Lipinski definition) is 4. The van der Waals surface area contributed by atoms with E-state index in [1.165, 1.54) is 5.56 Å². The van der Waals surface area contributed by atoms with E-state index < -0.39 is 0 Å². The van der Waals surface area contributed by atoms with Crippen LogP contribution in [-0.4, -0.2) is 44.8 Å². The van der Waals surface area contributed by atoms with Gasteiger partial charge in [-0.25, -0.2) is 4.68 Å². The van der Waals surface area contributed by atoms with E-state index >= 15 is 0 Å². The Morgan fingerprint density at radius 3 is 2.58 bits per heavy atom. The molecule has 7 nitrogen and oxygen atoms in total. The first-order valence-corrected chi connectivity index (χ1v) is 8.01. The second-order valence-corrected chi connectivity index (χ2v) is 6.27. The Balaban J connectivity index is 1.71. The van der Waals surface area contributed by atoms with E-state index in [1.54, 1.807) is 9.58 Å². The van der Waals surface area contributed by atoms with Crippen molar-refractivity contribution in [2.45, 2.75) is 26.7 Å². The van der Waals surface area contributed by atoms with Gasteiger partial charge < -0.3 is 10.6 Å². The Morgan fingerprint density at radius 2 is 1.96 bits per heavy atom. The molecule has 2 aromatic rings. The lowest BCUT2D eigenvalue weighted by molar-refractivity contribution is -0.129. The zero-order chi connectivity index (χ0) is 17.3. The van der Waals surface area contributed by atoms with Gasteiger partial charge in [0.25, 0.3) is 0 Å². The van der Waals surface area contributed by atoms with E-state index in [0.717, 1.165) is 11.4 Å². The average Bonchev–Trinajstić information content (AvgIpc) is 3.17. The Morgan fingerprint density at radius 1 is 1.25 bits per heavy atom. The van der Waals surface area contributed by atoms with Crippen molar-refractivity contribution in [2.75, 3.05) is 13.1 Å². The summed E-state index contributed by atoms with van der Waals surface area (Å²) in [7, 11) is 0. The third kappa shape index (κ3) is 3.15. The zero-order valence-corrected chi connectivity index (χ0v) is 13.9. The minimum Gasteiger partial charge on any atom is -0.369 e. The summed E-state index contributed by atoms with van der Waals surface area (Å²) in [6.07, 6.45) is 0.819. The second-order valence-electron chi connectivity index (χ2n) is 6.27. The summed E-state index contributed by atoms with van der Waals surface area (Å²) in [6.45, 7) is 4.90. The number of aryl methyl sites for hydroxylation is 1. The Hall–Kier alpha value is -2.70. The Labute approximate surface area is 140 Å².